The second-order valence-corrected chi connectivity index (χ2v) is 29.2. The fourth-order valence-electron chi connectivity index (χ4n) is 13.3. The van der Waals surface area contributed by atoms with E-state index in [2.05, 4.69) is 141 Å². The van der Waals surface area contributed by atoms with Gasteiger partial charge in [-0.3, -0.25) is 4.79 Å². The summed E-state index contributed by atoms with van der Waals surface area (Å²) in [5.41, 5.74) is 0. The molecule has 3 aliphatic heterocycles. The summed E-state index contributed by atoms with van der Waals surface area (Å²) in [6.45, 7) is 1.63. The molecule has 0 radical (unpaired) electrons. The predicted molar refractivity (Wildman–Crippen MR) is 429 cm³/mol. The molecule has 1 amide bonds. The van der Waals surface area contributed by atoms with Crippen molar-refractivity contribution in [2.24, 2.45) is 0 Å². The molecule has 0 aliphatic carbocycles. The second kappa shape index (κ2) is 66.5. The summed E-state index contributed by atoms with van der Waals surface area (Å²) in [5.74, 6) is -0.293. The van der Waals surface area contributed by atoms with E-state index in [4.69, 9.17) is 28.4 Å². The number of allylic oxidation sites excluding steroid dienone is 21. The molecule has 3 heterocycles. The number of ether oxygens (including phenoxy) is 6. The fourth-order valence-corrected chi connectivity index (χ4v) is 13.3. The minimum absolute atomic E-state index is 0.218. The molecular formula is C88H149NO18. The predicted octanol–water partition coefficient (Wildman–Crippen LogP) is 14.8. The number of amides is 1. The summed E-state index contributed by atoms with van der Waals surface area (Å²) in [7, 11) is 0. The quantitative estimate of drug-likeness (QED) is 0.0199. The summed E-state index contributed by atoms with van der Waals surface area (Å²) in [6, 6.07) is -0.993. The van der Waals surface area contributed by atoms with Crippen LogP contribution in [0.1, 0.15) is 284 Å². The minimum atomic E-state index is -1.99. The molecule has 19 heteroatoms. The van der Waals surface area contributed by atoms with Crippen LogP contribution in [0.5, 0.6) is 0 Å². The zero-order chi connectivity index (χ0) is 77.4. The first-order valence-corrected chi connectivity index (χ1v) is 41.9. The molecule has 107 heavy (non-hydrogen) atoms. The van der Waals surface area contributed by atoms with Crippen molar-refractivity contribution in [2.75, 3.05) is 26.4 Å². The summed E-state index contributed by atoms with van der Waals surface area (Å²) in [6.07, 6.45) is 68.5. The molecule has 0 spiro atoms. The number of unbranched alkanes of at least 4 members (excludes halogenated alkanes) is 29. The van der Waals surface area contributed by atoms with Gasteiger partial charge in [0.05, 0.1) is 38.6 Å². The standard InChI is InChI=1S/C88H149NO18/c1-3-5-7-9-11-13-15-17-19-21-23-25-27-29-30-31-32-33-34-35-36-37-38-39-40-42-44-46-48-50-52-54-56-58-60-62-64-66-76(94)89-71(72(93)65-63-61-59-57-55-53-51-49-47-45-43-41-28-26-24-22-20-18-16-14-12-10-8-6-4-2)70-102-86-82(100)79(97)84(74(68-91)104-86)107-88-83(101)80(98)85(75(69-92)105-88)106-87-81(99)78(96)77(95)73(67-90)103-87/h5,7,11,13,17,19,23,25,29-30,32-33,35-36,38-39,42,44,48,50,63,65,71-75,77-88,90-93,95-101H,3-4,6,8-10,12,14-16,18,20-22,24,26-28,31,34,37,40-41,43,45-47,49,51-62,64,66-70H2,1-2H3,(H,89,94)/b7-5-,13-11-,19-17-,25-23-,30-29-,33-32-,36-35-,39-38-,44-42-,50-48-,65-63+. The van der Waals surface area contributed by atoms with Crippen molar-refractivity contribution in [3.05, 3.63) is 134 Å². The normalized spacial score (nSPS) is 26.2. The zero-order valence-electron chi connectivity index (χ0n) is 65.8. The Hall–Kier alpha value is -4.07. The third kappa shape index (κ3) is 45.9. The molecule has 3 fully saturated rings. The highest BCUT2D eigenvalue weighted by Crippen LogP contribution is 2.33. The smallest absolute Gasteiger partial charge is 0.220 e. The summed E-state index contributed by atoms with van der Waals surface area (Å²) in [4.78, 5) is 13.5. The van der Waals surface area contributed by atoms with Gasteiger partial charge in [0.1, 0.15) is 73.2 Å². The molecule has 3 rings (SSSR count). The van der Waals surface area contributed by atoms with Crippen molar-refractivity contribution in [3.63, 3.8) is 0 Å². The van der Waals surface area contributed by atoms with Crippen LogP contribution in [0.25, 0.3) is 0 Å². The number of carbonyl (C=O) groups excluding carboxylic acids is 1. The monoisotopic (exact) mass is 1510 g/mol. The molecule has 0 saturated carbocycles. The van der Waals surface area contributed by atoms with Crippen LogP contribution in [0, 0.1) is 0 Å². The molecule has 0 aromatic heterocycles. The number of hydrogen-bond donors (Lipinski definition) is 12. The second-order valence-electron chi connectivity index (χ2n) is 29.2. The first kappa shape index (κ1) is 97.1. The van der Waals surface area contributed by atoms with Crippen LogP contribution in [-0.4, -0.2) is 193 Å². The van der Waals surface area contributed by atoms with Crippen LogP contribution in [0.3, 0.4) is 0 Å². The van der Waals surface area contributed by atoms with Gasteiger partial charge in [-0.25, -0.2) is 0 Å². The Morgan fingerprint density at radius 1 is 0.346 bits per heavy atom. The van der Waals surface area contributed by atoms with Gasteiger partial charge in [0, 0.05) is 6.42 Å². The average Bonchev–Trinajstić information content (AvgIpc) is 0.781. The Balaban J connectivity index is 1.37. The summed E-state index contributed by atoms with van der Waals surface area (Å²) < 4.78 is 34.5. The molecule has 0 bridgehead atoms. The van der Waals surface area contributed by atoms with Crippen LogP contribution in [0.4, 0.5) is 0 Å². The van der Waals surface area contributed by atoms with Gasteiger partial charge in [-0.1, -0.05) is 314 Å². The Morgan fingerprint density at radius 2 is 0.645 bits per heavy atom. The lowest BCUT2D eigenvalue weighted by Gasteiger charge is -2.48. The van der Waals surface area contributed by atoms with E-state index in [9.17, 15) is 61.0 Å². The number of aliphatic hydroxyl groups excluding tert-OH is 11. The SMILES string of the molecule is CC/C=C\C/C=C\C/C=C\C/C=C\C/C=C\C/C=C\C/C=C\C/C=C\C/C=C\C/C=C\CCCCCCCCC(=O)NC(COC1OC(CO)C(OC2OC(CO)C(OC3OC(CO)C(O)C(O)C3O)C(O)C2O)C(O)C1O)C(O)/C=C/CCCCCCCCCCCCCCCCCCCCCCCCC. The van der Waals surface area contributed by atoms with Gasteiger partial charge in [-0.15, -0.1) is 0 Å². The molecule has 17 unspecified atom stereocenters. The molecule has 0 aromatic carbocycles. The van der Waals surface area contributed by atoms with Crippen molar-refractivity contribution >= 4 is 5.91 Å². The van der Waals surface area contributed by atoms with Crippen LogP contribution in [0.15, 0.2) is 134 Å². The number of aliphatic hydroxyl groups is 11. The Morgan fingerprint density at radius 3 is 1.01 bits per heavy atom. The third-order valence-corrected chi connectivity index (χ3v) is 20.0. The van der Waals surface area contributed by atoms with Gasteiger partial charge in [0.25, 0.3) is 0 Å². The number of rotatable bonds is 65. The molecule has 3 saturated heterocycles. The van der Waals surface area contributed by atoms with E-state index in [-0.39, 0.29) is 18.9 Å². The highest BCUT2D eigenvalue weighted by molar-refractivity contribution is 5.76. The maximum absolute atomic E-state index is 13.5. The van der Waals surface area contributed by atoms with Gasteiger partial charge in [0.2, 0.25) is 5.91 Å². The van der Waals surface area contributed by atoms with Gasteiger partial charge >= 0.3 is 0 Å². The largest absolute Gasteiger partial charge is 0.394 e. The highest BCUT2D eigenvalue weighted by atomic mass is 16.8. The summed E-state index contributed by atoms with van der Waals surface area (Å²) in [5, 5.41) is 121. The van der Waals surface area contributed by atoms with Gasteiger partial charge in [0.15, 0.2) is 18.9 Å². The zero-order valence-corrected chi connectivity index (χ0v) is 65.8. The van der Waals surface area contributed by atoms with E-state index in [1.54, 1.807) is 6.08 Å². The van der Waals surface area contributed by atoms with Crippen LogP contribution >= 0.6 is 0 Å². The molecule has 0 aromatic rings. The van der Waals surface area contributed by atoms with Crippen LogP contribution in [0.2, 0.25) is 0 Å². The molecule has 3 aliphatic rings. The lowest BCUT2D eigenvalue weighted by molar-refractivity contribution is -0.379. The first-order chi connectivity index (χ1) is 52.3. The summed E-state index contributed by atoms with van der Waals surface area (Å²) >= 11 is 0. The first-order valence-electron chi connectivity index (χ1n) is 41.9. The van der Waals surface area contributed by atoms with Crippen molar-refractivity contribution in [3.8, 4) is 0 Å². The molecule has 17 atom stereocenters. The maximum Gasteiger partial charge on any atom is 0.220 e. The topological polar surface area (TPSA) is 307 Å². The fraction of sp³-hybridized carbons (Fsp3) is 0.739. The van der Waals surface area contributed by atoms with E-state index >= 15 is 0 Å². The van der Waals surface area contributed by atoms with Crippen LogP contribution in [-0.2, 0) is 33.2 Å². The van der Waals surface area contributed by atoms with Crippen molar-refractivity contribution in [1.29, 1.82) is 0 Å². The minimum Gasteiger partial charge on any atom is -0.394 e. The molecule has 614 valence electrons. The highest BCUT2D eigenvalue weighted by Gasteiger charge is 2.54. The Labute approximate surface area is 645 Å². The molecule has 12 N–H and O–H groups in total. The lowest BCUT2D eigenvalue weighted by Crippen LogP contribution is -2.66. The molecular weight excluding hydrogens is 1360 g/mol. The van der Waals surface area contributed by atoms with E-state index in [1.165, 1.54) is 128 Å². The van der Waals surface area contributed by atoms with E-state index in [0.29, 0.717) is 6.42 Å². The third-order valence-electron chi connectivity index (χ3n) is 20.0. The van der Waals surface area contributed by atoms with Gasteiger partial charge in [-0.2, -0.15) is 0 Å². The Bertz CT molecular complexity index is 2450. The van der Waals surface area contributed by atoms with Crippen molar-refractivity contribution in [2.45, 2.75) is 388 Å². The van der Waals surface area contributed by atoms with E-state index < -0.39 is 124 Å². The average molecular weight is 1510 g/mol. The Kier molecular flexibility index (Phi) is 60.4. The number of carbonyl (C=O) groups is 1. The lowest BCUT2D eigenvalue weighted by atomic mass is 9.96. The van der Waals surface area contributed by atoms with Crippen molar-refractivity contribution < 1.29 is 89.4 Å². The van der Waals surface area contributed by atoms with E-state index in [0.717, 1.165) is 128 Å². The van der Waals surface area contributed by atoms with Gasteiger partial charge in [-0.05, 0) is 96.3 Å². The number of nitrogens with one attached hydrogen (secondary N) is 1. The van der Waals surface area contributed by atoms with Crippen LogP contribution < -0.4 is 5.32 Å². The van der Waals surface area contributed by atoms with Crippen molar-refractivity contribution in [1.82, 2.24) is 5.32 Å². The van der Waals surface area contributed by atoms with Gasteiger partial charge < -0.3 is 89.9 Å². The molecule has 19 nitrogen and oxygen atoms in total. The number of hydrogen-bond acceptors (Lipinski definition) is 18. The maximum atomic E-state index is 13.5. The van der Waals surface area contributed by atoms with E-state index in [1.807, 2.05) is 6.08 Å².